The van der Waals surface area contributed by atoms with Gasteiger partial charge in [0.15, 0.2) is 0 Å². The largest absolute Gasteiger partial charge is 0.370 e. The van der Waals surface area contributed by atoms with Crippen LogP contribution in [0.5, 0.6) is 0 Å². The van der Waals surface area contributed by atoms with Gasteiger partial charge in [0.1, 0.15) is 6.61 Å². The number of benzene rings is 1. The second-order valence-electron chi connectivity index (χ2n) is 7.25. The Morgan fingerprint density at radius 1 is 1.23 bits per heavy atom. The summed E-state index contributed by atoms with van der Waals surface area (Å²) in [6.07, 6.45) is 1.01. The number of ether oxygens (including phenoxy) is 1. The number of rotatable bonds is 5. The molecule has 1 N–H and O–H groups in total. The highest BCUT2D eigenvalue weighted by Gasteiger charge is 2.32. The molecule has 1 aromatic carbocycles. The highest BCUT2D eigenvalue weighted by Crippen LogP contribution is 2.30. The quantitative estimate of drug-likeness (QED) is 0.697. The number of thiophene rings is 1. The fourth-order valence-corrected chi connectivity index (χ4v) is 5.09. The first-order valence-corrected chi connectivity index (χ1v) is 11.4. The topological polar surface area (TPSA) is 79.0 Å². The third kappa shape index (κ3) is 4.28. The predicted molar refractivity (Wildman–Crippen MR) is 119 cm³/mol. The van der Waals surface area contributed by atoms with E-state index in [2.05, 4.69) is 21.2 Å². The van der Waals surface area contributed by atoms with Gasteiger partial charge in [-0.3, -0.25) is 14.4 Å². The highest BCUT2D eigenvalue weighted by atomic mass is 79.9. The molecule has 0 unspecified atom stereocenters. The normalized spacial score (nSPS) is 19.5. The summed E-state index contributed by atoms with van der Waals surface area (Å²) in [6.45, 7) is 3.60. The van der Waals surface area contributed by atoms with Gasteiger partial charge in [0.25, 0.3) is 11.8 Å². The Bertz CT molecular complexity index is 992. The molecule has 7 nitrogen and oxygen atoms in total. The van der Waals surface area contributed by atoms with E-state index in [1.807, 2.05) is 31.2 Å². The molecule has 0 bridgehead atoms. The molecule has 2 fully saturated rings. The van der Waals surface area contributed by atoms with Crippen molar-refractivity contribution in [3.05, 3.63) is 44.6 Å². The van der Waals surface area contributed by atoms with Crippen molar-refractivity contribution in [2.45, 2.75) is 25.8 Å². The van der Waals surface area contributed by atoms with Gasteiger partial charge >= 0.3 is 0 Å². The molecule has 2 aromatic rings. The third-order valence-corrected chi connectivity index (χ3v) is 6.91. The number of carbonyl (C=O) groups is 3. The van der Waals surface area contributed by atoms with Gasteiger partial charge in [-0.2, -0.15) is 0 Å². The van der Waals surface area contributed by atoms with Crippen LogP contribution in [0.2, 0.25) is 0 Å². The Kier molecular flexibility index (Phi) is 6.21. The Balaban J connectivity index is 1.49. The van der Waals surface area contributed by atoms with Crippen LogP contribution in [-0.4, -0.2) is 50.1 Å². The maximum atomic E-state index is 12.6. The smallest absolute Gasteiger partial charge is 0.261 e. The summed E-state index contributed by atoms with van der Waals surface area (Å²) in [5.41, 5.74) is 2.66. The minimum atomic E-state index is -0.239. The van der Waals surface area contributed by atoms with Crippen LogP contribution in [0.1, 0.15) is 28.6 Å². The summed E-state index contributed by atoms with van der Waals surface area (Å²) >= 11 is 4.72. The molecule has 0 saturated carbocycles. The van der Waals surface area contributed by atoms with Gasteiger partial charge in [-0.05, 0) is 58.2 Å². The van der Waals surface area contributed by atoms with Gasteiger partial charge in [0.05, 0.1) is 21.3 Å². The number of nitrogens with one attached hydrogen (secondary N) is 1. The molecule has 2 aliphatic heterocycles. The number of anilines is 2. The maximum absolute atomic E-state index is 12.6. The van der Waals surface area contributed by atoms with Crippen LogP contribution in [0, 0.1) is 0 Å². The molecular weight excluding hydrogens is 470 g/mol. The molecular formula is C21H22BrN3O4S. The molecule has 0 radical (unpaired) electrons. The molecule has 2 aliphatic rings. The van der Waals surface area contributed by atoms with E-state index in [1.165, 1.54) is 11.3 Å². The molecule has 3 amide bonds. The van der Waals surface area contributed by atoms with E-state index in [4.69, 9.17) is 4.74 Å². The summed E-state index contributed by atoms with van der Waals surface area (Å²) in [6, 6.07) is 9.10. The molecule has 2 saturated heterocycles. The van der Waals surface area contributed by atoms with Gasteiger partial charge in [0.2, 0.25) is 5.91 Å². The number of carbonyl (C=O) groups excluding carboxylic acids is 3. The predicted octanol–water partition coefficient (Wildman–Crippen LogP) is 2.97. The Hall–Kier alpha value is -2.23. The van der Waals surface area contributed by atoms with Gasteiger partial charge < -0.3 is 19.9 Å². The van der Waals surface area contributed by atoms with E-state index in [0.717, 1.165) is 27.1 Å². The first-order valence-electron chi connectivity index (χ1n) is 9.84. The van der Waals surface area contributed by atoms with E-state index >= 15 is 0 Å². The number of nitrogens with zero attached hydrogens (tertiary/aromatic N) is 2. The van der Waals surface area contributed by atoms with E-state index in [-0.39, 0.29) is 36.8 Å². The summed E-state index contributed by atoms with van der Waals surface area (Å²) in [5, 5.41) is 2.96. The lowest BCUT2D eigenvalue weighted by molar-refractivity contribution is -0.125. The second-order valence-corrected chi connectivity index (χ2v) is 9.71. The molecule has 0 aliphatic carbocycles. The molecule has 3 heterocycles. The van der Waals surface area contributed by atoms with Crippen molar-refractivity contribution in [3.63, 3.8) is 0 Å². The lowest BCUT2D eigenvalue weighted by Crippen LogP contribution is -2.42. The lowest BCUT2D eigenvalue weighted by Gasteiger charge is -2.29. The average Bonchev–Trinajstić information content (AvgIpc) is 3.33. The van der Waals surface area contributed by atoms with Gasteiger partial charge in [-0.15, -0.1) is 11.3 Å². The zero-order valence-electron chi connectivity index (χ0n) is 16.5. The zero-order valence-corrected chi connectivity index (χ0v) is 18.9. The Morgan fingerprint density at radius 3 is 2.77 bits per heavy atom. The van der Waals surface area contributed by atoms with Crippen molar-refractivity contribution in [1.82, 2.24) is 5.32 Å². The standard InChI is InChI=1S/C21H22BrN3O4S/c1-2-13-9-15(3-4-16(13)24-7-8-29-12-20(24)27)25-11-14(10-19(25)26)23-21(28)17-5-6-18(22)30-17/h3-6,9,14H,2,7-8,10-12H2,1H3,(H,23,28)/t14-/m1/s1. The van der Waals surface area contributed by atoms with Crippen LogP contribution in [0.4, 0.5) is 11.4 Å². The van der Waals surface area contributed by atoms with Crippen molar-refractivity contribution in [1.29, 1.82) is 0 Å². The van der Waals surface area contributed by atoms with Crippen LogP contribution < -0.4 is 15.1 Å². The average molecular weight is 492 g/mol. The number of hydrogen-bond donors (Lipinski definition) is 1. The lowest BCUT2D eigenvalue weighted by atomic mass is 10.1. The van der Waals surface area contributed by atoms with Crippen LogP contribution >= 0.6 is 27.3 Å². The van der Waals surface area contributed by atoms with Crippen molar-refractivity contribution < 1.29 is 19.1 Å². The number of morpholine rings is 1. The van der Waals surface area contributed by atoms with Crippen molar-refractivity contribution in [3.8, 4) is 0 Å². The van der Waals surface area contributed by atoms with Crippen LogP contribution in [0.3, 0.4) is 0 Å². The minimum absolute atomic E-state index is 0.0232. The molecule has 4 rings (SSSR count). The molecule has 0 spiro atoms. The molecule has 30 heavy (non-hydrogen) atoms. The summed E-state index contributed by atoms with van der Waals surface area (Å²) in [5.74, 6) is -0.241. The number of aryl methyl sites for hydroxylation is 1. The maximum Gasteiger partial charge on any atom is 0.261 e. The van der Waals surface area contributed by atoms with Gasteiger partial charge in [-0.1, -0.05) is 6.92 Å². The molecule has 158 valence electrons. The monoisotopic (exact) mass is 491 g/mol. The van der Waals surface area contributed by atoms with Crippen molar-refractivity contribution in [2.24, 2.45) is 0 Å². The zero-order chi connectivity index (χ0) is 21.3. The number of halogens is 1. The Labute approximate surface area is 187 Å². The van der Waals surface area contributed by atoms with Crippen molar-refractivity contribution in [2.75, 3.05) is 36.1 Å². The summed E-state index contributed by atoms with van der Waals surface area (Å²) in [4.78, 5) is 41.3. The fourth-order valence-electron chi connectivity index (χ4n) is 3.81. The summed E-state index contributed by atoms with van der Waals surface area (Å²) < 4.78 is 6.11. The fraction of sp³-hybridized carbons (Fsp3) is 0.381. The highest BCUT2D eigenvalue weighted by molar-refractivity contribution is 9.11. The van der Waals surface area contributed by atoms with Crippen molar-refractivity contribution >= 4 is 56.4 Å². The third-order valence-electron chi connectivity index (χ3n) is 5.29. The first kappa shape index (κ1) is 21.0. The van der Waals surface area contributed by atoms with Crippen LogP contribution in [0.15, 0.2) is 34.1 Å². The number of hydrogen-bond acceptors (Lipinski definition) is 5. The van der Waals surface area contributed by atoms with Crippen LogP contribution in [0.25, 0.3) is 0 Å². The van der Waals surface area contributed by atoms with E-state index < -0.39 is 0 Å². The second kappa shape index (κ2) is 8.87. The SMILES string of the molecule is CCc1cc(N2C[C@H](NC(=O)c3ccc(Br)s3)CC2=O)ccc1N1CCOCC1=O. The first-order chi connectivity index (χ1) is 14.5. The van der Waals surface area contributed by atoms with E-state index in [1.54, 1.807) is 15.9 Å². The molecule has 1 aromatic heterocycles. The van der Waals surface area contributed by atoms with E-state index in [0.29, 0.717) is 24.6 Å². The summed E-state index contributed by atoms with van der Waals surface area (Å²) in [7, 11) is 0. The van der Waals surface area contributed by atoms with E-state index in [9.17, 15) is 14.4 Å². The number of amides is 3. The minimum Gasteiger partial charge on any atom is -0.370 e. The van der Waals surface area contributed by atoms with Gasteiger partial charge in [-0.25, -0.2) is 0 Å². The van der Waals surface area contributed by atoms with Crippen LogP contribution in [-0.2, 0) is 20.7 Å². The van der Waals surface area contributed by atoms with Gasteiger partial charge in [0, 0.05) is 30.9 Å². The Morgan fingerprint density at radius 2 is 2.07 bits per heavy atom. The molecule has 9 heteroatoms. The molecule has 1 atom stereocenters.